The van der Waals surface area contributed by atoms with Crippen LogP contribution in [0, 0.1) is 0 Å². The minimum absolute atomic E-state index is 0.0474. The molecule has 1 aliphatic heterocycles. The van der Waals surface area contributed by atoms with E-state index in [1.54, 1.807) is 0 Å². The standard InChI is InChI=1S/C24H38O2/c1-3-4-5-6-7-8-9-10-11-12-13-14-16-22-17-15-18-23(19-22)25-20-24(2)21-26-24/h12-13,15,17-19H,3-11,14,16,20-21H2,1-2H3/b13-12+. The van der Waals surface area contributed by atoms with Crippen molar-refractivity contribution in [1.29, 1.82) is 0 Å². The Hall–Kier alpha value is -1.28. The first-order valence-corrected chi connectivity index (χ1v) is 10.7. The molecule has 1 unspecified atom stereocenters. The van der Waals surface area contributed by atoms with E-state index >= 15 is 0 Å². The minimum atomic E-state index is -0.0474. The van der Waals surface area contributed by atoms with Gasteiger partial charge in [0.05, 0.1) is 6.61 Å². The van der Waals surface area contributed by atoms with Crippen molar-refractivity contribution in [3.63, 3.8) is 0 Å². The van der Waals surface area contributed by atoms with Crippen LogP contribution in [0.25, 0.3) is 0 Å². The highest BCUT2D eigenvalue weighted by atomic mass is 16.6. The number of rotatable bonds is 15. The quantitative estimate of drug-likeness (QED) is 0.194. The normalized spacial score (nSPS) is 19.2. The topological polar surface area (TPSA) is 21.8 Å². The number of ether oxygens (including phenoxy) is 2. The Morgan fingerprint density at radius 1 is 1.00 bits per heavy atom. The molecule has 0 bridgehead atoms. The Kier molecular flexibility index (Phi) is 9.84. The molecule has 2 rings (SSSR count). The number of benzene rings is 1. The van der Waals surface area contributed by atoms with Crippen LogP contribution in [0.3, 0.4) is 0 Å². The van der Waals surface area contributed by atoms with Gasteiger partial charge in [-0.15, -0.1) is 0 Å². The van der Waals surface area contributed by atoms with E-state index in [1.165, 1.54) is 63.4 Å². The first-order valence-electron chi connectivity index (χ1n) is 10.7. The van der Waals surface area contributed by atoms with Crippen LogP contribution in [0.4, 0.5) is 0 Å². The molecule has 0 saturated carbocycles. The first-order chi connectivity index (χ1) is 12.7. The molecule has 0 N–H and O–H groups in total. The zero-order valence-corrected chi connectivity index (χ0v) is 17.0. The van der Waals surface area contributed by atoms with Gasteiger partial charge in [0.1, 0.15) is 18.0 Å². The number of epoxide rings is 1. The van der Waals surface area contributed by atoms with Gasteiger partial charge in [-0.2, -0.15) is 0 Å². The van der Waals surface area contributed by atoms with Crippen molar-refractivity contribution in [2.24, 2.45) is 0 Å². The zero-order chi connectivity index (χ0) is 18.5. The van der Waals surface area contributed by atoms with Crippen LogP contribution < -0.4 is 4.74 Å². The lowest BCUT2D eigenvalue weighted by atomic mass is 10.1. The predicted octanol–water partition coefficient (Wildman–Crippen LogP) is 6.87. The van der Waals surface area contributed by atoms with Crippen molar-refractivity contribution in [2.75, 3.05) is 13.2 Å². The van der Waals surface area contributed by atoms with E-state index in [0.29, 0.717) is 6.61 Å². The van der Waals surface area contributed by atoms with E-state index in [2.05, 4.69) is 44.2 Å². The number of aryl methyl sites for hydroxylation is 1. The van der Waals surface area contributed by atoms with Crippen molar-refractivity contribution in [3.8, 4) is 5.75 Å². The lowest BCUT2D eigenvalue weighted by Crippen LogP contribution is -2.16. The minimum Gasteiger partial charge on any atom is -0.490 e. The molecule has 0 aromatic heterocycles. The maximum Gasteiger partial charge on any atom is 0.123 e. The molecule has 1 aliphatic rings. The van der Waals surface area contributed by atoms with E-state index in [-0.39, 0.29) is 5.60 Å². The van der Waals surface area contributed by atoms with Gasteiger partial charge in [-0.3, -0.25) is 0 Å². The summed E-state index contributed by atoms with van der Waals surface area (Å²) in [6.45, 7) is 5.83. The SMILES string of the molecule is CCCCCCCCCC/C=C/CCc1cccc(OCC2(C)CO2)c1. The predicted molar refractivity (Wildman–Crippen MR) is 111 cm³/mol. The van der Waals surface area contributed by atoms with Crippen LogP contribution in [0.1, 0.15) is 83.6 Å². The Morgan fingerprint density at radius 2 is 1.69 bits per heavy atom. The summed E-state index contributed by atoms with van der Waals surface area (Å²) in [4.78, 5) is 0. The third-order valence-electron chi connectivity index (χ3n) is 5.07. The van der Waals surface area contributed by atoms with Gasteiger partial charge >= 0.3 is 0 Å². The van der Waals surface area contributed by atoms with Gasteiger partial charge in [-0.1, -0.05) is 76.2 Å². The summed E-state index contributed by atoms with van der Waals surface area (Å²) in [5.41, 5.74) is 1.30. The molecule has 1 saturated heterocycles. The van der Waals surface area contributed by atoms with Crippen LogP contribution >= 0.6 is 0 Å². The van der Waals surface area contributed by atoms with Crippen LogP contribution in [0.2, 0.25) is 0 Å². The molecule has 0 aliphatic carbocycles. The van der Waals surface area contributed by atoms with E-state index in [0.717, 1.165) is 25.2 Å². The summed E-state index contributed by atoms with van der Waals surface area (Å²) >= 11 is 0. The number of hydrogen-bond donors (Lipinski definition) is 0. The van der Waals surface area contributed by atoms with E-state index in [9.17, 15) is 0 Å². The molecule has 2 nitrogen and oxygen atoms in total. The smallest absolute Gasteiger partial charge is 0.123 e. The summed E-state index contributed by atoms with van der Waals surface area (Å²) in [5.74, 6) is 0.960. The molecular formula is C24H38O2. The summed E-state index contributed by atoms with van der Waals surface area (Å²) in [6.07, 6.45) is 19.3. The molecule has 146 valence electrons. The van der Waals surface area contributed by atoms with Crippen LogP contribution in [0.15, 0.2) is 36.4 Å². The van der Waals surface area contributed by atoms with Crippen LogP contribution in [0.5, 0.6) is 5.75 Å². The Morgan fingerprint density at radius 3 is 2.42 bits per heavy atom. The largest absolute Gasteiger partial charge is 0.490 e. The van der Waals surface area contributed by atoms with Gasteiger partial charge < -0.3 is 9.47 Å². The second kappa shape index (κ2) is 12.2. The van der Waals surface area contributed by atoms with E-state index < -0.39 is 0 Å². The third-order valence-corrected chi connectivity index (χ3v) is 5.07. The molecule has 26 heavy (non-hydrogen) atoms. The fraction of sp³-hybridized carbons (Fsp3) is 0.667. The lowest BCUT2D eigenvalue weighted by molar-refractivity contribution is 0.202. The molecule has 2 heteroatoms. The van der Waals surface area contributed by atoms with Crippen LogP contribution in [-0.4, -0.2) is 18.8 Å². The van der Waals surface area contributed by atoms with Crippen molar-refractivity contribution in [2.45, 2.75) is 90.1 Å². The number of hydrogen-bond acceptors (Lipinski definition) is 2. The highest BCUT2D eigenvalue weighted by molar-refractivity contribution is 5.29. The maximum atomic E-state index is 5.84. The van der Waals surface area contributed by atoms with Crippen molar-refractivity contribution >= 4 is 0 Å². The molecule has 0 spiro atoms. The highest BCUT2D eigenvalue weighted by Gasteiger charge is 2.40. The fourth-order valence-corrected chi connectivity index (χ4v) is 3.12. The van der Waals surface area contributed by atoms with Crippen molar-refractivity contribution in [3.05, 3.63) is 42.0 Å². The average Bonchev–Trinajstić information content (AvgIpc) is 3.39. The Bertz CT molecular complexity index is 517. The summed E-state index contributed by atoms with van der Waals surface area (Å²) in [7, 11) is 0. The summed E-state index contributed by atoms with van der Waals surface area (Å²) in [5, 5.41) is 0. The van der Waals surface area contributed by atoms with Crippen molar-refractivity contribution < 1.29 is 9.47 Å². The summed E-state index contributed by atoms with van der Waals surface area (Å²) in [6, 6.07) is 8.48. The van der Waals surface area contributed by atoms with E-state index in [4.69, 9.17) is 9.47 Å². The second-order valence-corrected chi connectivity index (χ2v) is 7.95. The third kappa shape index (κ3) is 9.43. The second-order valence-electron chi connectivity index (χ2n) is 7.95. The molecule has 1 aromatic carbocycles. The molecule has 0 amide bonds. The van der Waals surface area contributed by atoms with Gasteiger partial charge in [0.25, 0.3) is 0 Å². The molecule has 1 aromatic rings. The molecular weight excluding hydrogens is 320 g/mol. The van der Waals surface area contributed by atoms with Gasteiger partial charge in [-0.05, 0) is 50.3 Å². The van der Waals surface area contributed by atoms with E-state index in [1.807, 2.05) is 6.07 Å². The number of allylic oxidation sites excluding steroid dienone is 2. The lowest BCUT2D eigenvalue weighted by Gasteiger charge is -2.09. The Labute approximate surface area is 161 Å². The zero-order valence-electron chi connectivity index (χ0n) is 17.0. The molecule has 1 atom stereocenters. The van der Waals surface area contributed by atoms with Gasteiger partial charge in [0.2, 0.25) is 0 Å². The molecule has 1 fully saturated rings. The summed E-state index contributed by atoms with van der Waals surface area (Å²) < 4.78 is 11.2. The van der Waals surface area contributed by atoms with Gasteiger partial charge in [-0.25, -0.2) is 0 Å². The van der Waals surface area contributed by atoms with Gasteiger partial charge in [0, 0.05) is 0 Å². The number of unbranched alkanes of at least 4 members (excludes halogenated alkanes) is 8. The Balaban J connectivity index is 1.49. The first kappa shape index (κ1) is 21.0. The van der Waals surface area contributed by atoms with Crippen LogP contribution in [-0.2, 0) is 11.2 Å². The van der Waals surface area contributed by atoms with Crippen molar-refractivity contribution in [1.82, 2.24) is 0 Å². The highest BCUT2D eigenvalue weighted by Crippen LogP contribution is 2.27. The fourth-order valence-electron chi connectivity index (χ4n) is 3.12. The monoisotopic (exact) mass is 358 g/mol. The molecule has 0 radical (unpaired) electrons. The maximum absolute atomic E-state index is 5.84. The van der Waals surface area contributed by atoms with Gasteiger partial charge in [0.15, 0.2) is 0 Å². The molecule has 1 heterocycles. The average molecular weight is 359 g/mol.